The molecule has 2 aromatic carbocycles. The van der Waals surface area contributed by atoms with E-state index in [1.165, 1.54) is 33.5 Å². The number of benzene rings is 2. The van der Waals surface area contributed by atoms with Gasteiger partial charge in [0.2, 0.25) is 0 Å². The van der Waals surface area contributed by atoms with Gasteiger partial charge in [-0.3, -0.25) is 14.5 Å². The summed E-state index contributed by atoms with van der Waals surface area (Å²) < 4.78 is 27.6. The van der Waals surface area contributed by atoms with Crippen molar-refractivity contribution in [3.8, 4) is 34.8 Å². The van der Waals surface area contributed by atoms with Gasteiger partial charge in [-0.1, -0.05) is 11.8 Å². The normalized spacial score (nSPS) is 15.5. The van der Waals surface area contributed by atoms with Gasteiger partial charge in [-0.05, 0) is 23.8 Å². The first-order chi connectivity index (χ1) is 17.9. The van der Waals surface area contributed by atoms with Crippen molar-refractivity contribution in [3.05, 3.63) is 58.7 Å². The molecule has 1 N–H and O–H groups in total. The van der Waals surface area contributed by atoms with Crippen LogP contribution in [-0.4, -0.2) is 64.3 Å². The van der Waals surface area contributed by atoms with Crippen LogP contribution in [0, 0.1) is 11.8 Å². The SMILES string of the molecule is COc1cc2c(cc1OC)CC(OC(=O)NCCN1C(=O)C=CC1=O)c1cc(OC)c(OC)cc1C#C2. The summed E-state index contributed by atoms with van der Waals surface area (Å²) in [5.41, 5.74) is 2.73. The molecule has 0 spiro atoms. The Morgan fingerprint density at radius 2 is 1.41 bits per heavy atom. The molecule has 2 aromatic rings. The summed E-state index contributed by atoms with van der Waals surface area (Å²) in [5, 5.41) is 2.61. The Morgan fingerprint density at radius 3 is 2.03 bits per heavy atom. The van der Waals surface area contributed by atoms with Gasteiger partial charge in [-0.15, -0.1) is 0 Å². The summed E-state index contributed by atoms with van der Waals surface area (Å²) in [4.78, 5) is 37.3. The molecule has 4 rings (SSSR count). The minimum Gasteiger partial charge on any atom is -0.493 e. The Labute approximate surface area is 214 Å². The van der Waals surface area contributed by atoms with E-state index < -0.39 is 24.0 Å². The van der Waals surface area contributed by atoms with Gasteiger partial charge < -0.3 is 29.0 Å². The minimum atomic E-state index is -0.752. The number of alkyl carbamates (subject to hydrolysis) is 1. The Kier molecular flexibility index (Phi) is 7.53. The zero-order chi connectivity index (χ0) is 26.5. The lowest BCUT2D eigenvalue weighted by Gasteiger charge is -2.24. The van der Waals surface area contributed by atoms with E-state index in [-0.39, 0.29) is 19.5 Å². The third-order valence-corrected chi connectivity index (χ3v) is 6.00. The quantitative estimate of drug-likeness (QED) is 0.429. The van der Waals surface area contributed by atoms with E-state index in [0.29, 0.717) is 39.7 Å². The average Bonchev–Trinajstić information content (AvgIpc) is 3.22. The van der Waals surface area contributed by atoms with Crippen LogP contribution >= 0.6 is 0 Å². The zero-order valence-electron chi connectivity index (χ0n) is 20.9. The molecule has 1 atom stereocenters. The lowest BCUT2D eigenvalue weighted by molar-refractivity contribution is -0.136. The summed E-state index contributed by atoms with van der Waals surface area (Å²) in [5.74, 6) is 7.47. The minimum absolute atomic E-state index is 0.0251. The highest BCUT2D eigenvalue weighted by molar-refractivity contribution is 6.12. The topological polar surface area (TPSA) is 113 Å². The fourth-order valence-electron chi connectivity index (χ4n) is 4.12. The van der Waals surface area contributed by atoms with Crippen LogP contribution in [0.2, 0.25) is 0 Å². The second kappa shape index (κ2) is 11.0. The first-order valence-electron chi connectivity index (χ1n) is 11.4. The van der Waals surface area contributed by atoms with E-state index in [1.54, 1.807) is 31.4 Å². The third-order valence-electron chi connectivity index (χ3n) is 6.00. The zero-order valence-corrected chi connectivity index (χ0v) is 20.9. The molecule has 1 aliphatic carbocycles. The number of hydrogen-bond acceptors (Lipinski definition) is 8. The number of rotatable bonds is 8. The van der Waals surface area contributed by atoms with Crippen LogP contribution in [0.5, 0.6) is 23.0 Å². The molecule has 3 amide bonds. The molecule has 2 aliphatic rings. The molecule has 192 valence electrons. The average molecular weight is 507 g/mol. The Hall–Kier alpha value is -4.65. The molecular weight excluding hydrogens is 480 g/mol. The lowest BCUT2D eigenvalue weighted by Crippen LogP contribution is -2.38. The van der Waals surface area contributed by atoms with Crippen LogP contribution in [0.25, 0.3) is 0 Å². The van der Waals surface area contributed by atoms with Gasteiger partial charge in [0.05, 0.1) is 28.4 Å². The van der Waals surface area contributed by atoms with Gasteiger partial charge in [-0.25, -0.2) is 4.79 Å². The number of fused-ring (bicyclic) bond motifs is 2. The predicted octanol–water partition coefficient (Wildman–Crippen LogP) is 2.37. The number of carbonyl (C=O) groups is 3. The Balaban J connectivity index is 1.64. The largest absolute Gasteiger partial charge is 0.493 e. The summed E-state index contributed by atoms with van der Waals surface area (Å²) in [6, 6.07) is 7.06. The van der Waals surface area contributed by atoms with E-state index in [4.69, 9.17) is 23.7 Å². The summed E-state index contributed by atoms with van der Waals surface area (Å²) in [7, 11) is 6.13. The fraction of sp³-hybridized carbons (Fsp3) is 0.296. The molecule has 0 aromatic heterocycles. The molecular formula is C27H26N2O8. The molecule has 10 nitrogen and oxygen atoms in total. The van der Waals surface area contributed by atoms with E-state index in [2.05, 4.69) is 17.2 Å². The molecule has 0 radical (unpaired) electrons. The fourth-order valence-corrected chi connectivity index (χ4v) is 4.12. The van der Waals surface area contributed by atoms with Crippen LogP contribution in [0.3, 0.4) is 0 Å². The number of nitrogens with one attached hydrogen (secondary N) is 1. The van der Waals surface area contributed by atoms with Crippen LogP contribution in [-0.2, 0) is 20.7 Å². The molecule has 10 heteroatoms. The second-order valence-electron chi connectivity index (χ2n) is 8.10. The predicted molar refractivity (Wildman–Crippen MR) is 132 cm³/mol. The van der Waals surface area contributed by atoms with Crippen molar-refractivity contribution in [1.82, 2.24) is 10.2 Å². The monoisotopic (exact) mass is 506 g/mol. The van der Waals surface area contributed by atoms with Crippen molar-refractivity contribution in [1.29, 1.82) is 0 Å². The maximum absolute atomic E-state index is 12.8. The van der Waals surface area contributed by atoms with Crippen molar-refractivity contribution in [2.45, 2.75) is 12.5 Å². The third kappa shape index (κ3) is 5.30. The van der Waals surface area contributed by atoms with Crippen LogP contribution < -0.4 is 24.3 Å². The molecule has 0 saturated carbocycles. The maximum Gasteiger partial charge on any atom is 0.407 e. The highest BCUT2D eigenvalue weighted by Gasteiger charge is 2.27. The van der Waals surface area contributed by atoms with Gasteiger partial charge in [0, 0.05) is 54.4 Å². The number of methoxy groups -OCH3 is 4. The highest BCUT2D eigenvalue weighted by atomic mass is 16.6. The number of nitrogens with zero attached hydrogens (tertiary/aromatic N) is 1. The van der Waals surface area contributed by atoms with E-state index in [0.717, 1.165) is 10.5 Å². The summed E-state index contributed by atoms with van der Waals surface area (Å²) in [6.07, 6.45) is 1.20. The Morgan fingerprint density at radius 1 is 0.865 bits per heavy atom. The van der Waals surface area contributed by atoms with Gasteiger partial charge in [-0.2, -0.15) is 0 Å². The van der Waals surface area contributed by atoms with E-state index in [1.807, 2.05) is 0 Å². The molecule has 37 heavy (non-hydrogen) atoms. The smallest absolute Gasteiger partial charge is 0.407 e. The van der Waals surface area contributed by atoms with Crippen molar-refractivity contribution >= 4 is 17.9 Å². The first kappa shape index (κ1) is 25.4. The number of amides is 3. The highest BCUT2D eigenvalue weighted by Crippen LogP contribution is 2.38. The van der Waals surface area contributed by atoms with Gasteiger partial charge in [0.25, 0.3) is 11.8 Å². The van der Waals surface area contributed by atoms with Gasteiger partial charge in [0.1, 0.15) is 6.10 Å². The first-order valence-corrected chi connectivity index (χ1v) is 11.4. The van der Waals surface area contributed by atoms with Crippen molar-refractivity contribution in [2.24, 2.45) is 0 Å². The molecule has 0 bridgehead atoms. The van der Waals surface area contributed by atoms with E-state index in [9.17, 15) is 14.4 Å². The van der Waals surface area contributed by atoms with Crippen molar-refractivity contribution < 1.29 is 38.1 Å². The van der Waals surface area contributed by atoms with Gasteiger partial charge >= 0.3 is 6.09 Å². The number of ether oxygens (including phenoxy) is 5. The van der Waals surface area contributed by atoms with E-state index >= 15 is 0 Å². The number of carbonyl (C=O) groups excluding carboxylic acids is 3. The molecule has 0 saturated heterocycles. The molecule has 1 heterocycles. The van der Waals surface area contributed by atoms with Crippen LogP contribution in [0.1, 0.15) is 28.4 Å². The van der Waals surface area contributed by atoms with Gasteiger partial charge in [0.15, 0.2) is 23.0 Å². The number of hydrogen-bond donors (Lipinski definition) is 1. The number of imide groups is 1. The molecule has 1 aliphatic heterocycles. The van der Waals surface area contributed by atoms with Crippen LogP contribution in [0.15, 0.2) is 36.4 Å². The van der Waals surface area contributed by atoms with Crippen LogP contribution in [0.4, 0.5) is 4.79 Å². The molecule has 1 unspecified atom stereocenters. The van der Waals surface area contributed by atoms with Crippen molar-refractivity contribution in [2.75, 3.05) is 41.5 Å². The summed E-state index contributed by atoms with van der Waals surface area (Å²) in [6.45, 7) is 0.0578. The second-order valence-corrected chi connectivity index (χ2v) is 8.10. The standard InChI is InChI=1S/C27H26N2O8/c1-33-21-11-16-5-6-17-12-22(34-2)24(36-4)15-19(17)20(13-18(16)14-23(21)35-3)37-27(32)28-9-10-29-25(30)7-8-26(29)31/h7-8,11-12,14-15,20H,9-10,13H2,1-4H3,(H,28,32). The molecule has 0 fully saturated rings. The lowest BCUT2D eigenvalue weighted by atomic mass is 9.91. The summed E-state index contributed by atoms with van der Waals surface area (Å²) >= 11 is 0. The maximum atomic E-state index is 12.8. The Bertz CT molecular complexity index is 1320. The van der Waals surface area contributed by atoms with Crippen molar-refractivity contribution in [3.63, 3.8) is 0 Å².